The monoisotopic (exact) mass is 429 g/mol. The number of anilines is 1. The van der Waals surface area contributed by atoms with E-state index in [0.717, 1.165) is 29.8 Å². The minimum Gasteiger partial charge on any atom is -0.465 e. The highest BCUT2D eigenvalue weighted by molar-refractivity contribution is 5.92. The fourth-order valence-corrected chi connectivity index (χ4v) is 3.50. The molecule has 0 aliphatic carbocycles. The Morgan fingerprint density at radius 1 is 1.13 bits per heavy atom. The standard InChI is InChI=1S/C25H26F3NO2/c1-17-9-13-22(14-10-17)29-24(30)18(2)19-6-3-4-15-31-23-16-21(25(26,27)28)12-11-20(23)8-5-7-19/h4-5,8-16,18-19H,3,6-7H2,1-2H3,(H,29,30)/b8-5+,15-4+/t18-,19-/m1/s1. The summed E-state index contributed by atoms with van der Waals surface area (Å²) >= 11 is 0. The number of alkyl halides is 3. The van der Waals surface area contributed by atoms with Gasteiger partial charge in [0.05, 0.1) is 11.8 Å². The molecule has 6 heteroatoms. The first-order valence-electron chi connectivity index (χ1n) is 10.3. The van der Waals surface area contributed by atoms with Crippen LogP contribution in [0.15, 0.2) is 60.9 Å². The van der Waals surface area contributed by atoms with Gasteiger partial charge < -0.3 is 10.1 Å². The van der Waals surface area contributed by atoms with Crippen LogP contribution in [-0.2, 0) is 11.0 Å². The molecule has 164 valence electrons. The summed E-state index contributed by atoms with van der Waals surface area (Å²) in [5.74, 6) is -0.0334. The Labute approximate surface area is 180 Å². The first-order valence-corrected chi connectivity index (χ1v) is 10.3. The number of halogens is 3. The zero-order valence-electron chi connectivity index (χ0n) is 17.6. The molecule has 31 heavy (non-hydrogen) atoms. The van der Waals surface area contributed by atoms with E-state index >= 15 is 0 Å². The van der Waals surface area contributed by atoms with Crippen molar-refractivity contribution in [2.45, 2.75) is 39.3 Å². The van der Waals surface area contributed by atoms with E-state index in [2.05, 4.69) is 5.32 Å². The van der Waals surface area contributed by atoms with E-state index in [1.54, 1.807) is 12.2 Å². The smallest absolute Gasteiger partial charge is 0.416 e. The van der Waals surface area contributed by atoms with E-state index in [9.17, 15) is 18.0 Å². The minimum absolute atomic E-state index is 0.0485. The van der Waals surface area contributed by atoms with Crippen LogP contribution < -0.4 is 10.1 Å². The third-order valence-electron chi connectivity index (χ3n) is 5.51. The Morgan fingerprint density at radius 3 is 2.58 bits per heavy atom. The van der Waals surface area contributed by atoms with Crippen molar-refractivity contribution >= 4 is 17.7 Å². The topological polar surface area (TPSA) is 38.3 Å². The van der Waals surface area contributed by atoms with Crippen LogP contribution in [0.4, 0.5) is 18.9 Å². The van der Waals surface area contributed by atoms with Crippen LogP contribution in [0.1, 0.15) is 42.9 Å². The molecule has 3 nitrogen and oxygen atoms in total. The second-order valence-electron chi connectivity index (χ2n) is 7.86. The molecular formula is C25H26F3NO2. The molecule has 1 N–H and O–H groups in total. The number of rotatable bonds is 3. The summed E-state index contributed by atoms with van der Waals surface area (Å²) < 4.78 is 44.5. The molecular weight excluding hydrogens is 403 g/mol. The number of allylic oxidation sites excluding steroid dienone is 2. The Hall–Kier alpha value is -3.02. The fourth-order valence-electron chi connectivity index (χ4n) is 3.50. The molecule has 0 spiro atoms. The number of hydrogen-bond acceptors (Lipinski definition) is 2. The van der Waals surface area contributed by atoms with Crippen LogP contribution in [0.25, 0.3) is 6.08 Å². The number of aryl methyl sites for hydroxylation is 1. The van der Waals surface area contributed by atoms with Crippen LogP contribution in [0, 0.1) is 18.8 Å². The Morgan fingerprint density at radius 2 is 1.87 bits per heavy atom. The zero-order chi connectivity index (χ0) is 22.4. The third kappa shape index (κ3) is 6.23. The lowest BCUT2D eigenvalue weighted by Crippen LogP contribution is -2.27. The van der Waals surface area contributed by atoms with Gasteiger partial charge in [-0.15, -0.1) is 0 Å². The number of ether oxygens (including phenoxy) is 1. The first-order chi connectivity index (χ1) is 14.7. The second kappa shape index (κ2) is 9.86. The van der Waals surface area contributed by atoms with Crippen molar-refractivity contribution in [3.8, 4) is 5.75 Å². The molecule has 2 aromatic rings. The predicted octanol–water partition coefficient (Wildman–Crippen LogP) is 6.99. The fraction of sp³-hybridized carbons (Fsp3) is 0.320. The average molecular weight is 429 g/mol. The van der Waals surface area contributed by atoms with Gasteiger partial charge in [-0.3, -0.25) is 4.79 Å². The molecule has 0 saturated carbocycles. The first kappa shape index (κ1) is 22.7. The van der Waals surface area contributed by atoms with E-state index in [4.69, 9.17) is 4.74 Å². The number of amides is 1. The second-order valence-corrected chi connectivity index (χ2v) is 7.86. The molecule has 0 radical (unpaired) electrons. The number of carbonyl (C=O) groups excluding carboxylic acids is 1. The van der Waals surface area contributed by atoms with Gasteiger partial charge in [0.15, 0.2) is 0 Å². The lowest BCUT2D eigenvalue weighted by molar-refractivity contribution is -0.137. The number of hydrogen-bond donors (Lipinski definition) is 1. The van der Waals surface area contributed by atoms with E-state index < -0.39 is 11.7 Å². The van der Waals surface area contributed by atoms with Gasteiger partial charge >= 0.3 is 6.18 Å². The van der Waals surface area contributed by atoms with Crippen LogP contribution in [-0.4, -0.2) is 5.91 Å². The van der Waals surface area contributed by atoms with Crippen LogP contribution >= 0.6 is 0 Å². The summed E-state index contributed by atoms with van der Waals surface area (Å²) in [5, 5.41) is 2.97. The van der Waals surface area contributed by atoms with Crippen molar-refractivity contribution in [3.63, 3.8) is 0 Å². The molecule has 2 atom stereocenters. The van der Waals surface area contributed by atoms with Crippen molar-refractivity contribution in [2.24, 2.45) is 11.8 Å². The van der Waals surface area contributed by atoms with Gasteiger partial charge in [0, 0.05) is 17.2 Å². The van der Waals surface area contributed by atoms with Gasteiger partial charge in [-0.05, 0) is 62.4 Å². The van der Waals surface area contributed by atoms with Crippen molar-refractivity contribution < 1.29 is 22.7 Å². The highest BCUT2D eigenvalue weighted by atomic mass is 19.4. The van der Waals surface area contributed by atoms with Gasteiger partial charge in [0.25, 0.3) is 0 Å². The van der Waals surface area contributed by atoms with Gasteiger partial charge in [0.1, 0.15) is 5.75 Å². The predicted molar refractivity (Wildman–Crippen MR) is 117 cm³/mol. The van der Waals surface area contributed by atoms with Gasteiger partial charge in [-0.2, -0.15) is 13.2 Å². The van der Waals surface area contributed by atoms with Gasteiger partial charge in [-0.1, -0.05) is 42.8 Å². The van der Waals surface area contributed by atoms with E-state index in [-0.39, 0.29) is 23.5 Å². The summed E-state index contributed by atoms with van der Waals surface area (Å²) in [5.41, 5.74) is 1.70. The zero-order valence-corrected chi connectivity index (χ0v) is 17.6. The van der Waals surface area contributed by atoms with Crippen LogP contribution in [0.3, 0.4) is 0 Å². The van der Waals surface area contributed by atoms with E-state index in [0.29, 0.717) is 18.4 Å². The Balaban J connectivity index is 1.74. The molecule has 0 saturated heterocycles. The summed E-state index contributed by atoms with van der Waals surface area (Å²) in [6.07, 6.45) is 4.50. The SMILES string of the molecule is Cc1ccc(NC(=O)[C@H](C)[C@H]2C/C=C/c3ccc(C(F)(F)F)cc3O/C=C/CC2)cc1. The van der Waals surface area contributed by atoms with E-state index in [1.165, 1.54) is 12.3 Å². The summed E-state index contributed by atoms with van der Waals surface area (Å²) in [6, 6.07) is 11.1. The lowest BCUT2D eigenvalue weighted by atomic mass is 9.86. The van der Waals surface area contributed by atoms with Crippen molar-refractivity contribution in [2.75, 3.05) is 5.32 Å². The number of carbonyl (C=O) groups is 1. The molecule has 0 aromatic heterocycles. The molecule has 0 bridgehead atoms. The average Bonchev–Trinajstić information content (AvgIpc) is 2.77. The maximum Gasteiger partial charge on any atom is 0.416 e. The largest absolute Gasteiger partial charge is 0.465 e. The lowest BCUT2D eigenvalue weighted by Gasteiger charge is -2.22. The summed E-state index contributed by atoms with van der Waals surface area (Å²) in [6.45, 7) is 3.90. The molecule has 1 heterocycles. The highest BCUT2D eigenvalue weighted by Gasteiger charge is 2.31. The normalized spacial score (nSPS) is 19.8. The van der Waals surface area contributed by atoms with Gasteiger partial charge in [-0.25, -0.2) is 0 Å². The highest BCUT2D eigenvalue weighted by Crippen LogP contribution is 2.34. The maximum absolute atomic E-state index is 13.0. The Bertz CT molecular complexity index is 962. The molecule has 1 amide bonds. The number of benzene rings is 2. The van der Waals surface area contributed by atoms with Crippen LogP contribution in [0.5, 0.6) is 5.75 Å². The molecule has 1 aliphatic rings. The summed E-state index contributed by atoms with van der Waals surface area (Å²) in [4.78, 5) is 12.8. The minimum atomic E-state index is -4.43. The number of nitrogens with one attached hydrogen (secondary N) is 1. The number of fused-ring (bicyclic) bond motifs is 1. The van der Waals surface area contributed by atoms with Crippen LogP contribution in [0.2, 0.25) is 0 Å². The molecule has 0 unspecified atom stereocenters. The third-order valence-corrected chi connectivity index (χ3v) is 5.51. The molecule has 0 fully saturated rings. The summed E-state index contributed by atoms with van der Waals surface area (Å²) in [7, 11) is 0. The van der Waals surface area contributed by atoms with E-state index in [1.807, 2.05) is 44.2 Å². The van der Waals surface area contributed by atoms with Gasteiger partial charge in [0.2, 0.25) is 5.91 Å². The maximum atomic E-state index is 13.0. The van der Waals surface area contributed by atoms with Crippen molar-refractivity contribution in [1.29, 1.82) is 0 Å². The molecule has 3 rings (SSSR count). The molecule has 2 aromatic carbocycles. The van der Waals surface area contributed by atoms with Crippen molar-refractivity contribution in [3.05, 3.63) is 77.6 Å². The Kier molecular flexibility index (Phi) is 7.21. The quantitative estimate of drug-likeness (QED) is 0.571. The van der Waals surface area contributed by atoms with Crippen molar-refractivity contribution in [1.82, 2.24) is 0 Å². The molecule has 1 aliphatic heterocycles.